The fourth-order valence-corrected chi connectivity index (χ4v) is 3.71. The third-order valence-corrected chi connectivity index (χ3v) is 4.68. The van der Waals surface area contributed by atoms with Gasteiger partial charge in [0.1, 0.15) is 11.0 Å². The van der Waals surface area contributed by atoms with E-state index in [2.05, 4.69) is 4.98 Å². The van der Waals surface area contributed by atoms with Crippen LogP contribution in [0.15, 0.2) is 22.5 Å². The number of carbonyl (C=O) groups excluding carboxylic acids is 1. The minimum Gasteiger partial charge on any atom is -0.497 e. The molecule has 1 aromatic heterocycles. The van der Waals surface area contributed by atoms with Gasteiger partial charge in [0, 0.05) is 6.07 Å². The van der Waals surface area contributed by atoms with Crippen LogP contribution in [-0.4, -0.2) is 29.9 Å². The predicted octanol–water partition coefficient (Wildman–Crippen LogP) is 3.35. The van der Waals surface area contributed by atoms with E-state index in [0.717, 1.165) is 20.3 Å². The van der Waals surface area contributed by atoms with Crippen molar-refractivity contribution in [1.82, 2.24) is 4.98 Å². The first-order valence-corrected chi connectivity index (χ1v) is 7.61. The highest BCUT2D eigenvalue weighted by atomic mass is 32.2. The van der Waals surface area contributed by atoms with Gasteiger partial charge in [-0.05, 0) is 26.0 Å². The van der Waals surface area contributed by atoms with Gasteiger partial charge in [0.05, 0.1) is 23.9 Å². The average molecular weight is 297 g/mol. The second-order valence-corrected chi connectivity index (χ2v) is 6.44. The fourth-order valence-electron chi connectivity index (χ4n) is 1.52. The Hall–Kier alpha value is -1.27. The van der Waals surface area contributed by atoms with E-state index in [1.165, 1.54) is 11.8 Å². The summed E-state index contributed by atoms with van der Waals surface area (Å²) in [7, 11) is 1.63. The largest absolute Gasteiger partial charge is 0.497 e. The van der Waals surface area contributed by atoms with Crippen LogP contribution in [0.25, 0.3) is 10.2 Å². The van der Waals surface area contributed by atoms with Crippen LogP contribution in [0.4, 0.5) is 0 Å². The quantitative estimate of drug-likeness (QED) is 0.625. The molecule has 102 valence electrons. The van der Waals surface area contributed by atoms with Crippen LogP contribution in [-0.2, 0) is 9.53 Å². The number of esters is 1. The maximum atomic E-state index is 11.6. The number of nitrogens with zero attached hydrogens (tertiary/aromatic N) is 1. The second kappa shape index (κ2) is 6.25. The Morgan fingerprint density at radius 1 is 1.53 bits per heavy atom. The molecule has 1 heterocycles. The van der Waals surface area contributed by atoms with Crippen LogP contribution >= 0.6 is 23.1 Å². The fraction of sp³-hybridized carbons (Fsp3) is 0.385. The third-order valence-electron chi connectivity index (χ3n) is 2.47. The molecule has 0 fully saturated rings. The minimum absolute atomic E-state index is 0.204. The van der Waals surface area contributed by atoms with Gasteiger partial charge in [-0.15, -0.1) is 11.3 Å². The topological polar surface area (TPSA) is 48.4 Å². The number of ether oxygens (including phenoxy) is 2. The van der Waals surface area contributed by atoms with Crippen molar-refractivity contribution < 1.29 is 14.3 Å². The zero-order valence-electron chi connectivity index (χ0n) is 11.0. The van der Waals surface area contributed by atoms with E-state index >= 15 is 0 Å². The Balaban J connectivity index is 2.15. The number of carbonyl (C=O) groups is 1. The molecule has 0 N–H and O–H groups in total. The first kappa shape index (κ1) is 14.1. The van der Waals surface area contributed by atoms with Crippen molar-refractivity contribution in [2.75, 3.05) is 13.7 Å². The van der Waals surface area contributed by atoms with Gasteiger partial charge < -0.3 is 9.47 Å². The van der Waals surface area contributed by atoms with Crippen molar-refractivity contribution in [3.63, 3.8) is 0 Å². The van der Waals surface area contributed by atoms with Crippen molar-refractivity contribution in [3.05, 3.63) is 18.2 Å². The Morgan fingerprint density at radius 2 is 2.32 bits per heavy atom. The Bertz CT molecular complexity index is 582. The smallest absolute Gasteiger partial charge is 0.319 e. The van der Waals surface area contributed by atoms with Crippen molar-refractivity contribution >= 4 is 39.3 Å². The molecule has 4 nitrogen and oxygen atoms in total. The van der Waals surface area contributed by atoms with Crippen molar-refractivity contribution in [1.29, 1.82) is 0 Å². The van der Waals surface area contributed by atoms with E-state index in [0.29, 0.717) is 6.61 Å². The number of fused-ring (bicyclic) bond motifs is 1. The summed E-state index contributed by atoms with van der Waals surface area (Å²) in [6.07, 6.45) is 0. The molecule has 1 atom stereocenters. The lowest BCUT2D eigenvalue weighted by Gasteiger charge is -2.07. The van der Waals surface area contributed by atoms with E-state index in [-0.39, 0.29) is 11.2 Å². The molecule has 1 aromatic carbocycles. The van der Waals surface area contributed by atoms with E-state index in [1.54, 1.807) is 25.4 Å². The number of rotatable bonds is 5. The zero-order valence-corrected chi connectivity index (χ0v) is 12.6. The lowest BCUT2D eigenvalue weighted by Crippen LogP contribution is -2.16. The maximum Gasteiger partial charge on any atom is 0.319 e. The molecule has 0 saturated heterocycles. The lowest BCUT2D eigenvalue weighted by molar-refractivity contribution is -0.142. The Kier molecular flexibility index (Phi) is 4.66. The van der Waals surface area contributed by atoms with E-state index in [9.17, 15) is 4.79 Å². The number of thioether (sulfide) groups is 1. The SMILES string of the molecule is CCOC(=O)[C@@H](C)Sc1nc2cc(OC)ccc2s1. The monoisotopic (exact) mass is 297 g/mol. The molecule has 19 heavy (non-hydrogen) atoms. The minimum atomic E-state index is -0.248. The number of methoxy groups -OCH3 is 1. The van der Waals surface area contributed by atoms with Gasteiger partial charge >= 0.3 is 5.97 Å². The van der Waals surface area contributed by atoms with Crippen LogP contribution in [0, 0.1) is 0 Å². The first-order chi connectivity index (χ1) is 9.13. The van der Waals surface area contributed by atoms with Gasteiger partial charge in [0.2, 0.25) is 0 Å². The highest BCUT2D eigenvalue weighted by Crippen LogP contribution is 2.33. The molecule has 0 aliphatic heterocycles. The van der Waals surface area contributed by atoms with Gasteiger partial charge in [-0.1, -0.05) is 11.8 Å². The molecular weight excluding hydrogens is 282 g/mol. The lowest BCUT2D eigenvalue weighted by atomic mass is 10.3. The number of aromatic nitrogens is 1. The molecule has 0 spiro atoms. The number of benzene rings is 1. The molecule has 0 radical (unpaired) electrons. The van der Waals surface area contributed by atoms with Crippen molar-refractivity contribution in [3.8, 4) is 5.75 Å². The zero-order chi connectivity index (χ0) is 13.8. The molecule has 0 unspecified atom stereocenters. The molecule has 2 rings (SSSR count). The van der Waals surface area contributed by atoms with Gasteiger partial charge in [0.15, 0.2) is 4.34 Å². The molecule has 0 amide bonds. The number of thiazole rings is 1. The molecule has 0 aliphatic rings. The third kappa shape index (κ3) is 3.39. The van der Waals surface area contributed by atoms with E-state index < -0.39 is 0 Å². The number of hydrogen-bond acceptors (Lipinski definition) is 6. The van der Waals surface area contributed by atoms with Gasteiger partial charge in [-0.25, -0.2) is 4.98 Å². The molecule has 6 heteroatoms. The Morgan fingerprint density at radius 3 is 3.00 bits per heavy atom. The Labute approximate surface area is 120 Å². The van der Waals surface area contributed by atoms with E-state index in [4.69, 9.17) is 9.47 Å². The second-order valence-electron chi connectivity index (χ2n) is 3.83. The van der Waals surface area contributed by atoms with Crippen LogP contribution < -0.4 is 4.74 Å². The summed E-state index contributed by atoms with van der Waals surface area (Å²) in [6, 6.07) is 5.78. The highest BCUT2D eigenvalue weighted by Gasteiger charge is 2.17. The average Bonchev–Trinajstić information content (AvgIpc) is 2.79. The highest BCUT2D eigenvalue weighted by molar-refractivity contribution is 8.02. The van der Waals surface area contributed by atoms with Crippen LogP contribution in [0.1, 0.15) is 13.8 Å². The molecule has 0 aliphatic carbocycles. The summed E-state index contributed by atoms with van der Waals surface area (Å²) in [5.74, 6) is 0.581. The van der Waals surface area contributed by atoms with Crippen molar-refractivity contribution in [2.45, 2.75) is 23.4 Å². The number of hydrogen-bond donors (Lipinski definition) is 0. The summed E-state index contributed by atoms with van der Waals surface area (Å²) < 4.78 is 12.1. The van der Waals surface area contributed by atoms with E-state index in [1.807, 2.05) is 25.1 Å². The van der Waals surface area contributed by atoms with Crippen LogP contribution in [0.3, 0.4) is 0 Å². The molecule has 0 saturated carbocycles. The molecular formula is C13H15NO3S2. The predicted molar refractivity (Wildman–Crippen MR) is 78.1 cm³/mol. The molecule has 2 aromatic rings. The van der Waals surface area contributed by atoms with Gasteiger partial charge in [-0.2, -0.15) is 0 Å². The van der Waals surface area contributed by atoms with Crippen LogP contribution in [0.5, 0.6) is 5.75 Å². The maximum absolute atomic E-state index is 11.6. The summed E-state index contributed by atoms with van der Waals surface area (Å²) in [5.41, 5.74) is 0.892. The standard InChI is InChI=1S/C13H15NO3S2/c1-4-17-12(15)8(2)18-13-14-10-7-9(16-3)5-6-11(10)19-13/h5-8H,4H2,1-3H3/t8-/m1/s1. The summed E-state index contributed by atoms with van der Waals surface area (Å²) in [6.45, 7) is 4.04. The first-order valence-electron chi connectivity index (χ1n) is 5.92. The van der Waals surface area contributed by atoms with Gasteiger partial charge in [-0.3, -0.25) is 4.79 Å². The summed E-state index contributed by atoms with van der Waals surface area (Å²) >= 11 is 2.99. The molecule has 0 bridgehead atoms. The normalized spacial score (nSPS) is 12.4. The summed E-state index contributed by atoms with van der Waals surface area (Å²) in [5, 5.41) is -0.248. The summed E-state index contributed by atoms with van der Waals surface area (Å²) in [4.78, 5) is 16.1. The van der Waals surface area contributed by atoms with Gasteiger partial charge in [0.25, 0.3) is 0 Å². The van der Waals surface area contributed by atoms with Crippen LogP contribution in [0.2, 0.25) is 0 Å². The van der Waals surface area contributed by atoms with Crippen molar-refractivity contribution in [2.24, 2.45) is 0 Å².